The Balaban J connectivity index is 1.23. The molecule has 0 atom stereocenters. The van der Waals surface area contributed by atoms with Crippen LogP contribution in [0.1, 0.15) is 49.7 Å². The number of hydrogen-bond donors (Lipinski definition) is 1. The Kier molecular flexibility index (Phi) is 6.52. The van der Waals surface area contributed by atoms with E-state index in [1.54, 1.807) is 0 Å². The number of nitrogens with two attached hydrogens (primary N) is 1. The lowest BCUT2D eigenvalue weighted by atomic mass is 9.85. The highest BCUT2D eigenvalue weighted by Gasteiger charge is 2.18. The predicted octanol–water partition coefficient (Wildman–Crippen LogP) is 7.56. The van der Waals surface area contributed by atoms with E-state index in [9.17, 15) is 0 Å². The molecule has 1 saturated carbocycles. The highest BCUT2D eigenvalue weighted by atomic mass is 15.3. The molecular weight excluding hydrogens is 492 g/mol. The zero-order valence-corrected chi connectivity index (χ0v) is 22.7. The zero-order chi connectivity index (χ0) is 26.9. The Hall–Kier alpha value is -4.45. The molecule has 3 aromatic heterocycles. The molecule has 0 spiro atoms. The van der Waals surface area contributed by atoms with Crippen LogP contribution in [0.5, 0.6) is 0 Å². The van der Waals surface area contributed by atoms with Gasteiger partial charge in [-0.2, -0.15) is 10.2 Å². The van der Waals surface area contributed by atoms with Crippen molar-refractivity contribution in [2.45, 2.75) is 51.5 Å². The molecule has 1 fully saturated rings. The molecule has 0 radical (unpaired) electrons. The number of nitrogen functional groups attached to an aromatic ring is 1. The Morgan fingerprint density at radius 2 is 1.68 bits per heavy atom. The second-order valence-corrected chi connectivity index (χ2v) is 11.2. The van der Waals surface area contributed by atoms with Crippen LogP contribution in [0.4, 0.5) is 5.82 Å². The summed E-state index contributed by atoms with van der Waals surface area (Å²) in [6, 6.07) is 27.9. The molecule has 6 nitrogen and oxygen atoms in total. The first-order valence-electron chi connectivity index (χ1n) is 14.4. The van der Waals surface area contributed by atoms with Gasteiger partial charge in [0.2, 0.25) is 0 Å². The first-order chi connectivity index (χ1) is 19.7. The first kappa shape index (κ1) is 24.6. The Morgan fingerprint density at radius 1 is 0.825 bits per heavy atom. The number of rotatable bonds is 7. The topological polar surface area (TPSA) is 74.0 Å². The van der Waals surface area contributed by atoms with Crippen molar-refractivity contribution in [2.24, 2.45) is 5.92 Å². The van der Waals surface area contributed by atoms with Gasteiger partial charge in [0.1, 0.15) is 11.8 Å². The van der Waals surface area contributed by atoms with Gasteiger partial charge in [0.25, 0.3) is 0 Å². The van der Waals surface area contributed by atoms with Gasteiger partial charge in [0.15, 0.2) is 5.82 Å². The molecular formula is C34H34N6. The van der Waals surface area contributed by atoms with Crippen molar-refractivity contribution in [3.63, 3.8) is 0 Å². The van der Waals surface area contributed by atoms with Gasteiger partial charge in [-0.1, -0.05) is 92.8 Å². The van der Waals surface area contributed by atoms with Crippen molar-refractivity contribution in [3.05, 3.63) is 103 Å². The molecule has 0 saturated heterocycles. The molecule has 7 rings (SSSR count). The molecule has 6 heteroatoms. The molecule has 3 aromatic carbocycles. The lowest BCUT2D eigenvalue weighted by Gasteiger charge is -2.21. The summed E-state index contributed by atoms with van der Waals surface area (Å²) in [7, 11) is 0. The molecule has 0 unspecified atom stereocenters. The average Bonchev–Trinajstić information content (AvgIpc) is 3.59. The number of benzene rings is 3. The minimum absolute atomic E-state index is 0.472. The maximum Gasteiger partial charge on any atom is 0.152 e. The van der Waals surface area contributed by atoms with E-state index >= 15 is 0 Å². The van der Waals surface area contributed by atoms with E-state index < -0.39 is 0 Å². The second kappa shape index (κ2) is 10.6. The minimum Gasteiger partial charge on any atom is -0.382 e. The molecule has 1 aliphatic carbocycles. The van der Waals surface area contributed by atoms with Crippen LogP contribution in [0.2, 0.25) is 0 Å². The van der Waals surface area contributed by atoms with E-state index in [-0.39, 0.29) is 0 Å². The van der Waals surface area contributed by atoms with E-state index in [1.165, 1.54) is 56.0 Å². The third-order valence-electron chi connectivity index (χ3n) is 8.42. The van der Waals surface area contributed by atoms with Crippen LogP contribution < -0.4 is 5.73 Å². The van der Waals surface area contributed by atoms with Gasteiger partial charge in [-0.3, -0.25) is 4.68 Å². The van der Waals surface area contributed by atoms with Gasteiger partial charge in [-0.05, 0) is 53.6 Å². The zero-order valence-electron chi connectivity index (χ0n) is 22.7. The number of aryl methyl sites for hydroxylation is 1. The largest absolute Gasteiger partial charge is 0.382 e. The van der Waals surface area contributed by atoms with Gasteiger partial charge in [-0.25, -0.2) is 9.50 Å². The molecule has 0 amide bonds. The average molecular weight is 527 g/mol. The number of hydrogen-bond acceptors (Lipinski definition) is 4. The summed E-state index contributed by atoms with van der Waals surface area (Å²) < 4.78 is 3.94. The molecule has 0 bridgehead atoms. The van der Waals surface area contributed by atoms with Gasteiger partial charge in [0.05, 0.1) is 17.8 Å². The molecule has 1 aliphatic rings. The number of fused-ring (bicyclic) bond motifs is 2. The fraction of sp³-hybridized carbons (Fsp3) is 0.265. The van der Waals surface area contributed by atoms with E-state index in [1.807, 2.05) is 15.3 Å². The summed E-state index contributed by atoms with van der Waals surface area (Å²) in [5.74, 6) is 1.34. The number of anilines is 1. The van der Waals surface area contributed by atoms with E-state index in [0.717, 1.165) is 57.7 Å². The molecule has 40 heavy (non-hydrogen) atoms. The summed E-state index contributed by atoms with van der Waals surface area (Å²) in [5.41, 5.74) is 15.1. The highest BCUT2D eigenvalue weighted by Crippen LogP contribution is 2.36. The normalized spacial score (nSPS) is 14.3. The smallest absolute Gasteiger partial charge is 0.152 e. The summed E-state index contributed by atoms with van der Waals surface area (Å²) in [6.07, 6.45) is 13.0. The third kappa shape index (κ3) is 4.86. The van der Waals surface area contributed by atoms with Crippen molar-refractivity contribution in [3.8, 4) is 22.4 Å². The molecule has 3 heterocycles. The van der Waals surface area contributed by atoms with Crippen molar-refractivity contribution < 1.29 is 0 Å². The fourth-order valence-corrected chi connectivity index (χ4v) is 6.31. The summed E-state index contributed by atoms with van der Waals surface area (Å²) in [5, 5.41) is 10.6. The Morgan fingerprint density at radius 3 is 2.55 bits per heavy atom. The number of aromatic nitrogens is 5. The van der Waals surface area contributed by atoms with Crippen LogP contribution >= 0.6 is 0 Å². The molecule has 200 valence electrons. The SMILES string of the molecule is Nc1ncnn2c(-c3cccc(CCC4CCCCC4)c3)cc(-c3ccc4cn(Cc5ccccc5)nc4c3)c12. The van der Waals surface area contributed by atoms with E-state index in [2.05, 4.69) is 89.1 Å². The fourth-order valence-electron chi connectivity index (χ4n) is 6.31. The molecule has 2 N–H and O–H groups in total. The maximum absolute atomic E-state index is 6.46. The van der Waals surface area contributed by atoms with Crippen molar-refractivity contribution in [2.75, 3.05) is 5.73 Å². The van der Waals surface area contributed by atoms with Gasteiger partial charge >= 0.3 is 0 Å². The number of nitrogens with zero attached hydrogens (tertiary/aromatic N) is 5. The van der Waals surface area contributed by atoms with Crippen LogP contribution in [0.3, 0.4) is 0 Å². The minimum atomic E-state index is 0.472. The van der Waals surface area contributed by atoms with Crippen LogP contribution in [-0.2, 0) is 13.0 Å². The van der Waals surface area contributed by atoms with Crippen LogP contribution in [0.15, 0.2) is 91.4 Å². The second-order valence-electron chi connectivity index (χ2n) is 11.2. The van der Waals surface area contributed by atoms with Gasteiger partial charge in [-0.15, -0.1) is 0 Å². The van der Waals surface area contributed by atoms with Crippen molar-refractivity contribution in [1.82, 2.24) is 24.4 Å². The lowest BCUT2D eigenvalue weighted by molar-refractivity contribution is 0.339. The van der Waals surface area contributed by atoms with Gasteiger partial charge < -0.3 is 5.73 Å². The van der Waals surface area contributed by atoms with Gasteiger partial charge in [0, 0.05) is 22.7 Å². The highest BCUT2D eigenvalue weighted by molar-refractivity contribution is 5.95. The van der Waals surface area contributed by atoms with Crippen molar-refractivity contribution in [1.29, 1.82) is 0 Å². The Labute approximate surface area is 234 Å². The molecule has 0 aliphatic heterocycles. The van der Waals surface area contributed by atoms with Crippen LogP contribution in [-0.4, -0.2) is 24.4 Å². The quantitative estimate of drug-likeness (QED) is 0.233. The predicted molar refractivity (Wildman–Crippen MR) is 162 cm³/mol. The van der Waals surface area contributed by atoms with Crippen LogP contribution in [0, 0.1) is 5.92 Å². The summed E-state index contributed by atoms with van der Waals surface area (Å²) in [4.78, 5) is 4.34. The molecule has 6 aromatic rings. The summed E-state index contributed by atoms with van der Waals surface area (Å²) in [6.45, 7) is 0.738. The standard InChI is InChI=1S/C34H34N6/c35-34-33-30(27-16-17-29-22-39(38-31(29)19-27)21-26-10-5-2-6-11-26)20-32(40(33)37-23-36-34)28-13-7-12-25(18-28)15-14-24-8-3-1-4-9-24/h2,5-7,10-13,16-20,22-24H,1,3-4,8-9,14-15,21H2,(H2,35,36,37). The first-order valence-corrected chi connectivity index (χ1v) is 14.4. The Bertz CT molecular complexity index is 1780. The van der Waals surface area contributed by atoms with Crippen LogP contribution in [0.25, 0.3) is 38.8 Å². The maximum atomic E-state index is 6.46. The van der Waals surface area contributed by atoms with Crippen molar-refractivity contribution >= 4 is 22.2 Å². The van der Waals surface area contributed by atoms with E-state index in [0.29, 0.717) is 5.82 Å². The monoisotopic (exact) mass is 526 g/mol. The lowest BCUT2D eigenvalue weighted by Crippen LogP contribution is -2.07. The summed E-state index contributed by atoms with van der Waals surface area (Å²) >= 11 is 0. The third-order valence-corrected chi connectivity index (χ3v) is 8.42. The van der Waals surface area contributed by atoms with E-state index in [4.69, 9.17) is 10.8 Å².